The summed E-state index contributed by atoms with van der Waals surface area (Å²) in [5, 5.41) is 10.5. The summed E-state index contributed by atoms with van der Waals surface area (Å²) in [5.74, 6) is -0.627. The minimum Gasteiger partial charge on any atom is -0.489 e. The van der Waals surface area contributed by atoms with Crippen LogP contribution < -0.4 is 20.1 Å². The van der Waals surface area contributed by atoms with Gasteiger partial charge in [-0.3, -0.25) is 4.90 Å². The zero-order valence-electron chi connectivity index (χ0n) is 24.3. The number of benzene rings is 2. The Balaban J connectivity index is 1.35. The maximum absolute atomic E-state index is 17.1. The summed E-state index contributed by atoms with van der Waals surface area (Å²) in [5.41, 5.74) is 5.79. The third-order valence-electron chi connectivity index (χ3n) is 9.94. The third-order valence-corrected chi connectivity index (χ3v) is 11.3. The Morgan fingerprint density at radius 3 is 2.89 bits per heavy atom. The molecule has 0 aliphatic carbocycles. The van der Waals surface area contributed by atoms with Crippen LogP contribution in [0.3, 0.4) is 0 Å². The van der Waals surface area contributed by atoms with Crippen molar-refractivity contribution in [2.24, 2.45) is 0 Å². The fourth-order valence-electron chi connectivity index (χ4n) is 7.84. The molecule has 3 saturated heterocycles. The van der Waals surface area contributed by atoms with Crippen molar-refractivity contribution in [3.8, 4) is 29.0 Å². The number of nitrogens with two attached hydrogens (primary N) is 1. The minimum absolute atomic E-state index is 0.00852. The van der Waals surface area contributed by atoms with Gasteiger partial charge in [-0.25, -0.2) is 13.2 Å². The number of halogens is 4. The first-order valence-corrected chi connectivity index (χ1v) is 16.5. The van der Waals surface area contributed by atoms with Crippen molar-refractivity contribution in [1.29, 1.82) is 5.26 Å². The molecule has 6 heterocycles. The van der Waals surface area contributed by atoms with Gasteiger partial charge in [0.05, 0.1) is 32.3 Å². The molecule has 0 amide bonds. The molecule has 2 N–H and O–H groups in total. The van der Waals surface area contributed by atoms with Gasteiger partial charge in [0.1, 0.15) is 47.6 Å². The summed E-state index contributed by atoms with van der Waals surface area (Å²) in [4.78, 5) is 13.7. The Hall–Kier alpha value is -3.53. The first-order chi connectivity index (χ1) is 21.8. The van der Waals surface area contributed by atoms with Crippen molar-refractivity contribution < 1.29 is 22.6 Å². The highest BCUT2D eigenvalue weighted by Gasteiger charge is 2.49. The zero-order chi connectivity index (χ0) is 31.0. The molecular formula is C32H30ClF3N6O2S. The van der Waals surface area contributed by atoms with E-state index in [1.165, 1.54) is 12.1 Å². The van der Waals surface area contributed by atoms with E-state index in [0.717, 1.165) is 56.4 Å². The molecule has 3 atom stereocenters. The second-order valence-corrected chi connectivity index (χ2v) is 13.9. The van der Waals surface area contributed by atoms with Crippen molar-refractivity contribution in [3.63, 3.8) is 0 Å². The van der Waals surface area contributed by atoms with E-state index in [1.54, 1.807) is 0 Å². The SMILES string of the molecule is N#Cc1c(N)sc2c(F)ccc(-c3c(Cl)c4c5c(nc(OCC67CCCN6CC(F)C7)nc5c3F)N3CCCCCC3CO4)c12. The fourth-order valence-corrected chi connectivity index (χ4v) is 9.13. The van der Waals surface area contributed by atoms with Crippen molar-refractivity contribution in [2.75, 3.05) is 43.5 Å². The minimum atomic E-state index is -0.923. The first-order valence-electron chi connectivity index (χ1n) is 15.3. The average molecular weight is 655 g/mol. The Kier molecular flexibility index (Phi) is 6.93. The molecule has 2 aromatic carbocycles. The maximum atomic E-state index is 17.1. The zero-order valence-corrected chi connectivity index (χ0v) is 25.9. The fraction of sp³-hybridized carbons (Fsp3) is 0.469. The lowest BCUT2D eigenvalue weighted by molar-refractivity contribution is 0.107. The number of rotatable bonds is 4. The van der Waals surface area contributed by atoms with Crippen LogP contribution in [0.15, 0.2) is 12.1 Å². The molecule has 2 aromatic heterocycles. The average Bonchev–Trinajstić information content (AvgIpc) is 3.55. The number of thiophene rings is 1. The van der Waals surface area contributed by atoms with Gasteiger partial charge in [0, 0.05) is 30.5 Å². The number of hydrogen-bond acceptors (Lipinski definition) is 9. The standard InChI is InChI=1S/C32H30ClF3N6O2S/c33-24-22(18-6-7-20(35)28-21(18)19(12-37)29(38)45-28)25(36)26-23-27(24)43-14-17-5-2-1-3-10-42(17)30(23)40-31(39-26)44-15-32-8-4-9-41(32)13-16(34)11-32/h6-7,16-17H,1-5,8-11,13-15,38H2. The maximum Gasteiger partial charge on any atom is 0.319 e. The lowest BCUT2D eigenvalue weighted by atomic mass is 9.95. The van der Waals surface area contributed by atoms with Crippen LogP contribution in [0.4, 0.5) is 24.0 Å². The largest absolute Gasteiger partial charge is 0.489 e. The Labute approximate surface area is 266 Å². The van der Waals surface area contributed by atoms with Crippen LogP contribution in [0.1, 0.15) is 50.5 Å². The van der Waals surface area contributed by atoms with Crippen LogP contribution in [0, 0.1) is 23.0 Å². The number of aromatic nitrogens is 2. The van der Waals surface area contributed by atoms with Crippen molar-refractivity contribution >= 4 is 54.7 Å². The summed E-state index contributed by atoms with van der Waals surface area (Å²) in [6, 6.07) is 4.62. The van der Waals surface area contributed by atoms with E-state index in [9.17, 15) is 14.0 Å². The van der Waals surface area contributed by atoms with Gasteiger partial charge in [-0.1, -0.05) is 30.5 Å². The van der Waals surface area contributed by atoms with E-state index in [4.69, 9.17) is 31.8 Å². The van der Waals surface area contributed by atoms with E-state index < -0.39 is 23.3 Å². The number of fused-ring (bicyclic) bond motifs is 4. The normalized spacial score (nSPS) is 24.6. The summed E-state index contributed by atoms with van der Waals surface area (Å²) < 4.78 is 59.3. The number of ether oxygens (including phenoxy) is 2. The molecule has 13 heteroatoms. The van der Waals surface area contributed by atoms with Gasteiger partial charge in [0.25, 0.3) is 0 Å². The second-order valence-electron chi connectivity index (χ2n) is 12.5. The molecule has 0 radical (unpaired) electrons. The van der Waals surface area contributed by atoms with Gasteiger partial charge < -0.3 is 20.1 Å². The van der Waals surface area contributed by atoms with Crippen LogP contribution in [-0.4, -0.2) is 65.5 Å². The summed E-state index contributed by atoms with van der Waals surface area (Å²) in [6.07, 6.45) is 5.07. The van der Waals surface area contributed by atoms with Gasteiger partial charge >= 0.3 is 6.01 Å². The van der Waals surface area contributed by atoms with Gasteiger partial charge in [0.15, 0.2) is 11.6 Å². The second kappa shape index (κ2) is 10.8. The topological polar surface area (TPSA) is 101 Å². The summed E-state index contributed by atoms with van der Waals surface area (Å²) in [6.45, 7) is 2.37. The molecule has 8 rings (SSSR count). The lowest BCUT2D eigenvalue weighted by Gasteiger charge is -2.31. The van der Waals surface area contributed by atoms with Gasteiger partial charge in [0.2, 0.25) is 0 Å². The molecule has 0 spiro atoms. The quantitative estimate of drug-likeness (QED) is 0.251. The molecular weight excluding hydrogens is 625 g/mol. The van der Waals surface area contributed by atoms with Crippen LogP contribution in [0.25, 0.3) is 32.1 Å². The van der Waals surface area contributed by atoms with Crippen LogP contribution in [0.5, 0.6) is 11.8 Å². The smallest absolute Gasteiger partial charge is 0.319 e. The number of nitriles is 1. The molecule has 3 fully saturated rings. The molecule has 0 bridgehead atoms. The van der Waals surface area contributed by atoms with E-state index in [0.29, 0.717) is 37.3 Å². The third kappa shape index (κ3) is 4.42. The van der Waals surface area contributed by atoms with E-state index in [2.05, 4.69) is 14.8 Å². The lowest BCUT2D eigenvalue weighted by Crippen LogP contribution is -2.43. The van der Waals surface area contributed by atoms with Gasteiger partial charge in [-0.15, -0.1) is 11.3 Å². The van der Waals surface area contributed by atoms with E-state index in [-0.39, 0.29) is 66.7 Å². The van der Waals surface area contributed by atoms with Crippen LogP contribution in [0.2, 0.25) is 5.02 Å². The van der Waals surface area contributed by atoms with E-state index >= 15 is 4.39 Å². The molecule has 4 aromatic rings. The summed E-state index contributed by atoms with van der Waals surface area (Å²) in [7, 11) is 0. The van der Waals surface area contributed by atoms with E-state index in [1.807, 2.05) is 6.07 Å². The predicted octanol–water partition coefficient (Wildman–Crippen LogP) is 6.99. The molecule has 0 saturated carbocycles. The van der Waals surface area contributed by atoms with Crippen molar-refractivity contribution in [2.45, 2.75) is 62.7 Å². The van der Waals surface area contributed by atoms with Crippen LogP contribution >= 0.6 is 22.9 Å². The highest BCUT2D eigenvalue weighted by atomic mass is 35.5. The highest BCUT2D eigenvalue weighted by Crippen LogP contribution is 2.51. The summed E-state index contributed by atoms with van der Waals surface area (Å²) >= 11 is 7.95. The molecule has 4 aliphatic rings. The van der Waals surface area contributed by atoms with Gasteiger partial charge in [-0.2, -0.15) is 15.2 Å². The van der Waals surface area contributed by atoms with Crippen molar-refractivity contribution in [3.05, 3.63) is 34.4 Å². The Morgan fingerprint density at radius 1 is 1.18 bits per heavy atom. The monoisotopic (exact) mass is 654 g/mol. The van der Waals surface area contributed by atoms with Crippen molar-refractivity contribution in [1.82, 2.24) is 14.9 Å². The number of hydrogen-bond donors (Lipinski definition) is 1. The number of alkyl halides is 1. The number of anilines is 2. The molecule has 8 nitrogen and oxygen atoms in total. The number of nitrogen functional groups attached to an aromatic ring is 1. The van der Waals surface area contributed by atoms with Crippen LogP contribution in [-0.2, 0) is 0 Å². The molecule has 45 heavy (non-hydrogen) atoms. The molecule has 3 unspecified atom stereocenters. The Bertz CT molecular complexity index is 1920. The first kappa shape index (κ1) is 28.9. The highest BCUT2D eigenvalue weighted by molar-refractivity contribution is 7.23. The molecule has 234 valence electrons. The van der Waals surface area contributed by atoms with Gasteiger partial charge in [-0.05, 0) is 43.9 Å². The predicted molar refractivity (Wildman–Crippen MR) is 168 cm³/mol. The Morgan fingerprint density at radius 2 is 2.04 bits per heavy atom. The number of nitrogens with zero attached hydrogens (tertiary/aromatic N) is 5. The molecule has 4 aliphatic heterocycles.